The van der Waals surface area contributed by atoms with Crippen molar-refractivity contribution in [2.45, 2.75) is 52.0 Å². The Hall–Kier alpha value is -3.66. The quantitative estimate of drug-likeness (QED) is 0.158. The second kappa shape index (κ2) is 12.7. The zero-order valence-corrected chi connectivity index (χ0v) is 20.5. The largest absolute Gasteiger partial charge is 0.466 e. The molecule has 3 aromatic carbocycles. The van der Waals surface area contributed by atoms with Crippen molar-refractivity contribution < 1.29 is 9.53 Å². The van der Waals surface area contributed by atoms with Gasteiger partial charge in [-0.3, -0.25) is 9.48 Å². The zero-order valence-electron chi connectivity index (χ0n) is 20.5. The van der Waals surface area contributed by atoms with E-state index in [4.69, 9.17) is 9.84 Å². The molecule has 0 N–H and O–H groups in total. The van der Waals surface area contributed by atoms with Crippen LogP contribution in [0.2, 0.25) is 0 Å². The second-order valence-electron chi connectivity index (χ2n) is 8.72. The number of ether oxygens (including phenoxy) is 1. The first-order valence-corrected chi connectivity index (χ1v) is 12.7. The molecule has 0 unspecified atom stereocenters. The van der Waals surface area contributed by atoms with Crippen molar-refractivity contribution in [1.29, 1.82) is 0 Å². The number of carbonyl (C=O) groups is 1. The van der Waals surface area contributed by atoms with Gasteiger partial charge in [-0.05, 0) is 25.3 Å². The molecule has 0 amide bonds. The SMILES string of the molecule is CCOC(=O)CCCCCCCn1nc(-c2ccccc2)c(-c2ccccc2)c1-c1ccccc1. The topological polar surface area (TPSA) is 44.1 Å². The summed E-state index contributed by atoms with van der Waals surface area (Å²) >= 11 is 0. The maximum Gasteiger partial charge on any atom is 0.305 e. The molecule has 0 aliphatic rings. The Morgan fingerprint density at radius 2 is 1.26 bits per heavy atom. The number of benzene rings is 3. The molecule has 0 saturated heterocycles. The van der Waals surface area contributed by atoms with Crippen LogP contribution in [0.1, 0.15) is 45.4 Å². The molecule has 0 radical (unpaired) electrons. The molecule has 0 fully saturated rings. The molecule has 0 aliphatic heterocycles. The van der Waals surface area contributed by atoms with Gasteiger partial charge in [0.25, 0.3) is 0 Å². The smallest absolute Gasteiger partial charge is 0.305 e. The molecule has 180 valence electrons. The molecule has 0 spiro atoms. The Morgan fingerprint density at radius 1 is 0.714 bits per heavy atom. The molecule has 4 heteroatoms. The molecular weight excluding hydrogens is 432 g/mol. The van der Waals surface area contributed by atoms with E-state index in [2.05, 4.69) is 89.6 Å². The molecular formula is C31H34N2O2. The summed E-state index contributed by atoms with van der Waals surface area (Å²) in [4.78, 5) is 11.5. The zero-order chi connectivity index (χ0) is 24.3. The highest BCUT2D eigenvalue weighted by molar-refractivity contribution is 5.91. The van der Waals surface area contributed by atoms with Crippen molar-refractivity contribution in [2.24, 2.45) is 0 Å². The first-order valence-electron chi connectivity index (χ1n) is 12.7. The highest BCUT2D eigenvalue weighted by Gasteiger charge is 2.21. The van der Waals surface area contributed by atoms with E-state index >= 15 is 0 Å². The van der Waals surface area contributed by atoms with Gasteiger partial charge in [0.05, 0.1) is 12.3 Å². The predicted octanol–water partition coefficient (Wildman–Crippen LogP) is 7.79. The lowest BCUT2D eigenvalue weighted by molar-refractivity contribution is -0.143. The molecule has 0 bridgehead atoms. The van der Waals surface area contributed by atoms with Crippen molar-refractivity contribution in [3.8, 4) is 33.6 Å². The standard InChI is InChI=1S/C31H34N2O2/c1-2-35-28(34)23-15-4-3-5-16-24-33-31(27-21-13-8-14-22-27)29(25-17-9-6-10-18-25)30(32-33)26-19-11-7-12-20-26/h6-14,17-22H,2-5,15-16,23-24H2,1H3. The van der Waals surface area contributed by atoms with E-state index in [1.807, 2.05) is 13.0 Å². The Balaban J connectivity index is 1.57. The van der Waals surface area contributed by atoms with E-state index in [0.29, 0.717) is 13.0 Å². The molecule has 0 atom stereocenters. The molecule has 0 aliphatic carbocycles. The van der Waals surface area contributed by atoms with E-state index in [0.717, 1.165) is 55.6 Å². The van der Waals surface area contributed by atoms with E-state index in [-0.39, 0.29) is 5.97 Å². The number of esters is 1. The summed E-state index contributed by atoms with van der Waals surface area (Å²) in [6, 6.07) is 31.6. The number of aromatic nitrogens is 2. The van der Waals surface area contributed by atoms with Crippen molar-refractivity contribution in [3.05, 3.63) is 91.0 Å². The third-order valence-electron chi connectivity index (χ3n) is 6.17. The minimum absolute atomic E-state index is 0.0848. The number of unbranched alkanes of at least 4 members (excludes halogenated alkanes) is 4. The Bertz CT molecular complexity index is 1180. The van der Waals surface area contributed by atoms with Crippen LogP contribution in [0.15, 0.2) is 91.0 Å². The number of rotatable bonds is 12. The number of carbonyl (C=O) groups excluding carboxylic acids is 1. The van der Waals surface area contributed by atoms with Gasteiger partial charge in [-0.15, -0.1) is 0 Å². The monoisotopic (exact) mass is 466 g/mol. The summed E-state index contributed by atoms with van der Waals surface area (Å²) in [5, 5.41) is 5.17. The van der Waals surface area contributed by atoms with Gasteiger partial charge >= 0.3 is 5.97 Å². The number of hydrogen-bond acceptors (Lipinski definition) is 3. The van der Waals surface area contributed by atoms with Crippen molar-refractivity contribution in [2.75, 3.05) is 6.61 Å². The van der Waals surface area contributed by atoms with Crippen LogP contribution in [-0.2, 0) is 16.1 Å². The van der Waals surface area contributed by atoms with Crippen LogP contribution >= 0.6 is 0 Å². The van der Waals surface area contributed by atoms with E-state index < -0.39 is 0 Å². The van der Waals surface area contributed by atoms with Crippen LogP contribution in [-0.4, -0.2) is 22.4 Å². The van der Waals surface area contributed by atoms with E-state index in [1.165, 1.54) is 16.7 Å². The van der Waals surface area contributed by atoms with Crippen LogP contribution in [0.3, 0.4) is 0 Å². The lowest BCUT2D eigenvalue weighted by Crippen LogP contribution is -2.04. The second-order valence-corrected chi connectivity index (χ2v) is 8.72. The first kappa shape index (κ1) is 24.5. The molecule has 1 aromatic heterocycles. The molecule has 0 saturated carbocycles. The van der Waals surface area contributed by atoms with Gasteiger partial charge in [0.1, 0.15) is 5.69 Å². The van der Waals surface area contributed by atoms with Gasteiger partial charge in [-0.2, -0.15) is 5.10 Å². The average Bonchev–Trinajstić information content (AvgIpc) is 3.29. The fourth-order valence-corrected chi connectivity index (χ4v) is 4.48. The van der Waals surface area contributed by atoms with Crippen molar-refractivity contribution in [1.82, 2.24) is 9.78 Å². The fourth-order valence-electron chi connectivity index (χ4n) is 4.48. The van der Waals surface area contributed by atoms with E-state index in [1.54, 1.807) is 0 Å². The summed E-state index contributed by atoms with van der Waals surface area (Å²) in [6.07, 6.45) is 5.73. The molecule has 4 nitrogen and oxygen atoms in total. The maximum absolute atomic E-state index is 11.5. The summed E-state index contributed by atoms with van der Waals surface area (Å²) in [5.41, 5.74) is 6.84. The predicted molar refractivity (Wildman–Crippen MR) is 143 cm³/mol. The van der Waals surface area contributed by atoms with E-state index in [9.17, 15) is 4.79 Å². The molecule has 35 heavy (non-hydrogen) atoms. The average molecular weight is 467 g/mol. The Kier molecular flexibility index (Phi) is 8.88. The van der Waals surface area contributed by atoms with Gasteiger partial charge in [0.15, 0.2) is 0 Å². The third-order valence-corrected chi connectivity index (χ3v) is 6.17. The Morgan fingerprint density at radius 3 is 1.89 bits per heavy atom. The van der Waals surface area contributed by atoms with Crippen LogP contribution in [0.5, 0.6) is 0 Å². The minimum atomic E-state index is -0.0848. The Labute approximate surface area is 208 Å². The lowest BCUT2D eigenvalue weighted by atomic mass is 9.96. The molecule has 4 aromatic rings. The minimum Gasteiger partial charge on any atom is -0.466 e. The highest BCUT2D eigenvalue weighted by atomic mass is 16.5. The maximum atomic E-state index is 11.5. The van der Waals surface area contributed by atoms with Crippen molar-refractivity contribution in [3.63, 3.8) is 0 Å². The van der Waals surface area contributed by atoms with Crippen LogP contribution in [0, 0.1) is 0 Å². The third kappa shape index (κ3) is 6.48. The summed E-state index contributed by atoms with van der Waals surface area (Å²) in [7, 11) is 0. The summed E-state index contributed by atoms with van der Waals surface area (Å²) in [6.45, 7) is 3.17. The summed E-state index contributed by atoms with van der Waals surface area (Å²) < 4.78 is 7.21. The highest BCUT2D eigenvalue weighted by Crippen LogP contribution is 2.40. The number of hydrogen-bond donors (Lipinski definition) is 0. The molecule has 1 heterocycles. The fraction of sp³-hybridized carbons (Fsp3) is 0.290. The lowest BCUT2D eigenvalue weighted by Gasteiger charge is -2.11. The number of aryl methyl sites for hydroxylation is 1. The normalized spacial score (nSPS) is 10.9. The van der Waals surface area contributed by atoms with Gasteiger partial charge in [-0.25, -0.2) is 0 Å². The van der Waals surface area contributed by atoms with Gasteiger partial charge < -0.3 is 4.74 Å². The van der Waals surface area contributed by atoms with Gasteiger partial charge in [0, 0.05) is 29.7 Å². The van der Waals surface area contributed by atoms with Crippen molar-refractivity contribution >= 4 is 5.97 Å². The summed E-state index contributed by atoms with van der Waals surface area (Å²) in [5.74, 6) is -0.0848. The number of nitrogens with zero attached hydrogens (tertiary/aromatic N) is 2. The van der Waals surface area contributed by atoms with Gasteiger partial charge in [0.2, 0.25) is 0 Å². The van der Waals surface area contributed by atoms with Crippen LogP contribution in [0.4, 0.5) is 0 Å². The first-order chi connectivity index (χ1) is 17.3. The van der Waals surface area contributed by atoms with Crippen LogP contribution in [0.25, 0.3) is 33.6 Å². The molecule has 4 rings (SSSR count). The van der Waals surface area contributed by atoms with Gasteiger partial charge in [-0.1, -0.05) is 110 Å². The van der Waals surface area contributed by atoms with Crippen LogP contribution < -0.4 is 0 Å².